The van der Waals surface area contributed by atoms with Crippen LogP contribution < -0.4 is 20.1 Å². The summed E-state index contributed by atoms with van der Waals surface area (Å²) in [7, 11) is 1.32. The van der Waals surface area contributed by atoms with Crippen molar-refractivity contribution in [1.29, 1.82) is 0 Å². The molecule has 0 saturated carbocycles. The van der Waals surface area contributed by atoms with Crippen LogP contribution in [0.3, 0.4) is 0 Å². The van der Waals surface area contributed by atoms with E-state index in [9.17, 15) is 9.59 Å². The first kappa shape index (κ1) is 21.9. The fourth-order valence-corrected chi connectivity index (χ4v) is 3.35. The molecule has 1 heterocycles. The number of hydrogen-bond acceptors (Lipinski definition) is 5. The number of halogens is 1. The Morgan fingerprint density at radius 1 is 1.18 bits per heavy atom. The van der Waals surface area contributed by atoms with Crippen LogP contribution in [0.5, 0.6) is 11.5 Å². The van der Waals surface area contributed by atoms with E-state index in [2.05, 4.69) is 10.6 Å². The van der Waals surface area contributed by atoms with Gasteiger partial charge in [0.1, 0.15) is 0 Å². The third kappa shape index (κ3) is 4.90. The number of benzene rings is 1. The van der Waals surface area contributed by atoms with Gasteiger partial charge in [-0.05, 0) is 44.4 Å². The zero-order valence-corrected chi connectivity index (χ0v) is 17.4. The Morgan fingerprint density at radius 2 is 1.89 bits per heavy atom. The van der Waals surface area contributed by atoms with Gasteiger partial charge in [0, 0.05) is 5.70 Å². The van der Waals surface area contributed by atoms with Gasteiger partial charge >= 0.3 is 12.0 Å². The van der Waals surface area contributed by atoms with Crippen LogP contribution in [0.1, 0.15) is 51.6 Å². The predicted octanol–water partition coefficient (Wildman–Crippen LogP) is 4.11. The molecule has 1 unspecified atom stereocenters. The van der Waals surface area contributed by atoms with Gasteiger partial charge in [-0.2, -0.15) is 0 Å². The topological polar surface area (TPSA) is 85.9 Å². The maximum Gasteiger partial charge on any atom is 0.337 e. The third-order valence-corrected chi connectivity index (χ3v) is 4.57. The SMILES string of the molecule is CCCCC1=C(C(=O)OC)C(c2cc(Cl)c(OCC)c(OCC)c2)NC(=O)N1. The van der Waals surface area contributed by atoms with Gasteiger partial charge in [-0.25, -0.2) is 9.59 Å². The fourth-order valence-electron chi connectivity index (χ4n) is 3.07. The van der Waals surface area contributed by atoms with Crippen LogP contribution >= 0.6 is 11.6 Å². The lowest BCUT2D eigenvalue weighted by atomic mass is 9.93. The van der Waals surface area contributed by atoms with Crippen molar-refractivity contribution in [2.24, 2.45) is 0 Å². The third-order valence-electron chi connectivity index (χ3n) is 4.29. The van der Waals surface area contributed by atoms with E-state index in [-0.39, 0.29) is 6.03 Å². The number of ether oxygens (including phenoxy) is 3. The molecular weight excluding hydrogens is 384 g/mol. The minimum absolute atomic E-state index is 0.343. The lowest BCUT2D eigenvalue weighted by molar-refractivity contribution is -0.136. The summed E-state index contributed by atoms with van der Waals surface area (Å²) in [6.07, 6.45) is 2.32. The first-order valence-electron chi connectivity index (χ1n) is 9.44. The number of rotatable bonds is 9. The zero-order valence-electron chi connectivity index (χ0n) is 16.7. The van der Waals surface area contributed by atoms with Gasteiger partial charge in [0.15, 0.2) is 11.5 Å². The average Bonchev–Trinajstić information content (AvgIpc) is 2.67. The Balaban J connectivity index is 2.58. The molecule has 1 aliphatic heterocycles. The Kier molecular flexibility index (Phi) is 7.99. The molecule has 1 atom stereocenters. The summed E-state index contributed by atoms with van der Waals surface area (Å²) in [5.41, 5.74) is 1.53. The number of esters is 1. The first-order valence-corrected chi connectivity index (χ1v) is 9.82. The standard InChI is InChI=1S/C20H27ClN2O5/c1-5-8-9-14-16(19(24)26-4)17(23-20(25)22-14)12-10-13(21)18(28-7-3)15(11-12)27-6-2/h10-11,17H,5-9H2,1-4H3,(H2,22,23,25). The summed E-state index contributed by atoms with van der Waals surface area (Å²) in [4.78, 5) is 24.8. The quantitative estimate of drug-likeness (QED) is 0.598. The molecule has 154 valence electrons. The average molecular weight is 411 g/mol. The van der Waals surface area contributed by atoms with Crippen molar-refractivity contribution in [2.45, 2.75) is 46.1 Å². The van der Waals surface area contributed by atoms with E-state index in [4.69, 9.17) is 25.8 Å². The second-order valence-electron chi connectivity index (χ2n) is 6.21. The number of hydrogen-bond donors (Lipinski definition) is 2. The smallest absolute Gasteiger partial charge is 0.337 e. The Labute approximate surface area is 170 Å². The molecule has 0 bridgehead atoms. The predicted molar refractivity (Wildman–Crippen MR) is 107 cm³/mol. The summed E-state index contributed by atoms with van der Waals surface area (Å²) >= 11 is 6.42. The van der Waals surface area contributed by atoms with Gasteiger partial charge in [0.2, 0.25) is 0 Å². The molecule has 0 spiro atoms. The monoisotopic (exact) mass is 410 g/mol. The van der Waals surface area contributed by atoms with Crippen LogP contribution in [0, 0.1) is 0 Å². The minimum Gasteiger partial charge on any atom is -0.490 e. The second-order valence-corrected chi connectivity index (χ2v) is 6.62. The largest absolute Gasteiger partial charge is 0.490 e. The fraction of sp³-hybridized carbons (Fsp3) is 0.500. The number of carbonyl (C=O) groups excluding carboxylic acids is 2. The summed E-state index contributed by atoms with van der Waals surface area (Å²) < 4.78 is 16.2. The van der Waals surface area contributed by atoms with Gasteiger partial charge < -0.3 is 24.8 Å². The maximum atomic E-state index is 12.5. The number of amides is 2. The van der Waals surface area contributed by atoms with Crippen LogP contribution in [0.25, 0.3) is 0 Å². The van der Waals surface area contributed by atoms with Gasteiger partial charge in [0.25, 0.3) is 0 Å². The molecule has 2 N–H and O–H groups in total. The normalized spacial score (nSPS) is 16.3. The first-order chi connectivity index (χ1) is 13.5. The number of unbranched alkanes of at least 4 members (excludes halogenated alkanes) is 1. The molecule has 1 aliphatic rings. The summed E-state index contributed by atoms with van der Waals surface area (Å²) in [6.45, 7) is 6.59. The highest BCUT2D eigenvalue weighted by Gasteiger charge is 2.34. The maximum absolute atomic E-state index is 12.5. The van der Waals surface area contributed by atoms with Crippen molar-refractivity contribution >= 4 is 23.6 Å². The van der Waals surface area contributed by atoms with E-state index >= 15 is 0 Å². The zero-order chi connectivity index (χ0) is 20.7. The molecule has 0 aliphatic carbocycles. The summed E-state index contributed by atoms with van der Waals surface area (Å²) in [6, 6.07) is 2.31. The van der Waals surface area contributed by atoms with Gasteiger partial charge in [-0.15, -0.1) is 0 Å². The van der Waals surface area contributed by atoms with Crippen LogP contribution in [0.4, 0.5) is 4.79 Å². The van der Waals surface area contributed by atoms with Crippen LogP contribution in [-0.4, -0.2) is 32.3 Å². The molecule has 0 saturated heterocycles. The van der Waals surface area contributed by atoms with E-state index in [0.29, 0.717) is 53.0 Å². The Hall–Kier alpha value is -2.41. The van der Waals surface area contributed by atoms with Crippen molar-refractivity contribution < 1.29 is 23.8 Å². The van der Waals surface area contributed by atoms with E-state index < -0.39 is 12.0 Å². The molecular formula is C20H27ClN2O5. The number of carbonyl (C=O) groups is 2. The number of allylic oxidation sites excluding steroid dienone is 1. The molecule has 2 amide bonds. The highest BCUT2D eigenvalue weighted by molar-refractivity contribution is 6.32. The number of methoxy groups -OCH3 is 1. The van der Waals surface area contributed by atoms with Crippen molar-refractivity contribution in [3.8, 4) is 11.5 Å². The summed E-state index contributed by atoms with van der Waals surface area (Å²) in [5, 5.41) is 5.87. The van der Waals surface area contributed by atoms with Crippen molar-refractivity contribution in [3.05, 3.63) is 34.0 Å². The molecule has 1 aromatic rings. The Bertz CT molecular complexity index is 763. The molecule has 28 heavy (non-hydrogen) atoms. The lowest BCUT2D eigenvalue weighted by Crippen LogP contribution is -2.45. The van der Waals surface area contributed by atoms with Crippen LogP contribution in [-0.2, 0) is 9.53 Å². The molecule has 2 rings (SSSR count). The molecule has 0 radical (unpaired) electrons. The molecule has 0 aromatic heterocycles. The molecule has 7 nitrogen and oxygen atoms in total. The Morgan fingerprint density at radius 3 is 2.50 bits per heavy atom. The van der Waals surface area contributed by atoms with E-state index in [0.717, 1.165) is 12.8 Å². The molecule has 0 fully saturated rings. The van der Waals surface area contributed by atoms with Crippen molar-refractivity contribution in [3.63, 3.8) is 0 Å². The van der Waals surface area contributed by atoms with Gasteiger partial charge in [-0.3, -0.25) is 0 Å². The van der Waals surface area contributed by atoms with Crippen molar-refractivity contribution in [2.75, 3.05) is 20.3 Å². The van der Waals surface area contributed by atoms with Crippen LogP contribution in [0.15, 0.2) is 23.4 Å². The minimum atomic E-state index is -0.708. The number of urea groups is 1. The van der Waals surface area contributed by atoms with Gasteiger partial charge in [0.05, 0.1) is 37.0 Å². The number of nitrogens with one attached hydrogen (secondary N) is 2. The second kappa shape index (κ2) is 10.2. The summed E-state index contributed by atoms with van der Waals surface area (Å²) in [5.74, 6) is 0.385. The van der Waals surface area contributed by atoms with Crippen molar-refractivity contribution in [1.82, 2.24) is 10.6 Å². The molecule has 1 aromatic carbocycles. The van der Waals surface area contributed by atoms with Crippen LogP contribution in [0.2, 0.25) is 5.02 Å². The van der Waals surface area contributed by atoms with E-state index in [1.165, 1.54) is 7.11 Å². The molecule has 8 heteroatoms. The van der Waals surface area contributed by atoms with Gasteiger partial charge in [-0.1, -0.05) is 24.9 Å². The highest BCUT2D eigenvalue weighted by atomic mass is 35.5. The van der Waals surface area contributed by atoms with E-state index in [1.54, 1.807) is 12.1 Å². The van der Waals surface area contributed by atoms with E-state index in [1.807, 2.05) is 20.8 Å². The highest BCUT2D eigenvalue weighted by Crippen LogP contribution is 2.40. The lowest BCUT2D eigenvalue weighted by Gasteiger charge is -2.30.